The molecule has 2 aromatic carbocycles. The first-order chi connectivity index (χ1) is 19.0. The fourth-order valence-electron chi connectivity index (χ4n) is 4.18. The molecule has 3 atom stereocenters. The van der Waals surface area contributed by atoms with Gasteiger partial charge in [-0.3, -0.25) is 14.8 Å². The fourth-order valence-corrected chi connectivity index (χ4v) is 5.06. The second-order valence-electron chi connectivity index (χ2n) is 9.24. The van der Waals surface area contributed by atoms with Gasteiger partial charge in [0.25, 0.3) is 0 Å². The Morgan fingerprint density at radius 2 is 1.64 bits per heavy atom. The van der Waals surface area contributed by atoms with E-state index in [0.717, 1.165) is 33.0 Å². The van der Waals surface area contributed by atoms with E-state index in [0.29, 0.717) is 19.4 Å². The molecule has 1 saturated heterocycles. The molecule has 0 saturated carbocycles. The summed E-state index contributed by atoms with van der Waals surface area (Å²) in [7, 11) is 0. The number of hydroxylamine groups is 1. The number of nitrogens with one attached hydrogen (secondary N) is 2. The SMILES string of the molecule is O=C(CCCC(=O)NCc1ccc([C@H]2O[C@@H](CSc3ccccn3)C[C@@H](c3ccc(CO)cc3)O2)cc1)NO. The van der Waals surface area contributed by atoms with Crippen molar-refractivity contribution in [3.8, 4) is 0 Å². The summed E-state index contributed by atoms with van der Waals surface area (Å²) in [5, 5.41) is 21.7. The van der Waals surface area contributed by atoms with Crippen LogP contribution in [0, 0.1) is 0 Å². The number of carbonyl (C=O) groups excluding carboxylic acids is 2. The molecule has 10 heteroatoms. The Morgan fingerprint density at radius 1 is 0.923 bits per heavy atom. The van der Waals surface area contributed by atoms with E-state index in [9.17, 15) is 14.7 Å². The minimum Gasteiger partial charge on any atom is -0.392 e. The molecule has 4 N–H and O–H groups in total. The highest BCUT2D eigenvalue weighted by atomic mass is 32.2. The Hall–Kier alpha value is -3.28. The topological polar surface area (TPSA) is 130 Å². The molecule has 9 nitrogen and oxygen atoms in total. The minimum atomic E-state index is -0.558. The van der Waals surface area contributed by atoms with E-state index in [1.807, 2.05) is 66.7 Å². The molecule has 2 heterocycles. The van der Waals surface area contributed by atoms with Gasteiger partial charge in [0.2, 0.25) is 11.8 Å². The predicted molar refractivity (Wildman–Crippen MR) is 145 cm³/mol. The number of carbonyl (C=O) groups is 2. The van der Waals surface area contributed by atoms with Crippen molar-refractivity contribution in [1.82, 2.24) is 15.8 Å². The molecule has 1 aromatic heterocycles. The number of aliphatic hydroxyl groups excluding tert-OH is 1. The molecule has 0 unspecified atom stereocenters. The van der Waals surface area contributed by atoms with Crippen molar-refractivity contribution in [2.75, 3.05) is 5.75 Å². The third kappa shape index (κ3) is 8.87. The van der Waals surface area contributed by atoms with Gasteiger partial charge in [-0.2, -0.15) is 0 Å². The molecule has 3 aromatic rings. The van der Waals surface area contributed by atoms with Crippen LogP contribution < -0.4 is 10.8 Å². The van der Waals surface area contributed by atoms with Gasteiger partial charge in [-0.15, -0.1) is 11.8 Å². The first-order valence-electron chi connectivity index (χ1n) is 12.9. The van der Waals surface area contributed by atoms with Gasteiger partial charge in [-0.25, -0.2) is 10.5 Å². The van der Waals surface area contributed by atoms with Crippen LogP contribution in [0.2, 0.25) is 0 Å². The zero-order valence-electron chi connectivity index (χ0n) is 21.5. The van der Waals surface area contributed by atoms with Crippen LogP contribution >= 0.6 is 11.8 Å². The van der Waals surface area contributed by atoms with E-state index >= 15 is 0 Å². The van der Waals surface area contributed by atoms with E-state index in [2.05, 4.69) is 10.3 Å². The third-order valence-corrected chi connectivity index (χ3v) is 7.42. The van der Waals surface area contributed by atoms with Crippen LogP contribution in [0.1, 0.15) is 60.3 Å². The summed E-state index contributed by atoms with van der Waals surface area (Å²) < 4.78 is 12.8. The number of benzene rings is 2. The molecule has 1 fully saturated rings. The number of aliphatic hydroxyl groups is 1. The standard InChI is InChI=1S/C29H33N3O6S/c33-18-21-9-11-22(12-10-21)25-16-24(19-39-28-6-1-2-15-30-28)37-29(38-25)23-13-7-20(8-14-23)17-31-26(34)4-3-5-27(35)32-36/h1-2,6-15,24-25,29,33,36H,3-5,16-19H2,(H,31,34)(H,32,35)/t24-,25+,29+/m1/s1. The highest BCUT2D eigenvalue weighted by molar-refractivity contribution is 7.99. The molecule has 206 valence electrons. The summed E-state index contributed by atoms with van der Waals surface area (Å²) in [4.78, 5) is 27.5. The molecule has 1 aliphatic heterocycles. The van der Waals surface area contributed by atoms with Crippen LogP contribution in [0.15, 0.2) is 78.0 Å². The number of ether oxygens (including phenoxy) is 2. The monoisotopic (exact) mass is 551 g/mol. The van der Waals surface area contributed by atoms with E-state index < -0.39 is 12.2 Å². The number of aromatic nitrogens is 1. The maximum atomic E-state index is 12.0. The molecule has 0 spiro atoms. The van der Waals surface area contributed by atoms with Crippen LogP contribution in [-0.2, 0) is 32.2 Å². The van der Waals surface area contributed by atoms with Gasteiger partial charge in [-0.1, -0.05) is 54.6 Å². The van der Waals surface area contributed by atoms with Crippen molar-refractivity contribution < 1.29 is 29.4 Å². The molecule has 2 amide bonds. The zero-order valence-corrected chi connectivity index (χ0v) is 22.3. The van der Waals surface area contributed by atoms with Crippen LogP contribution in [-0.4, -0.2) is 39.0 Å². The smallest absolute Gasteiger partial charge is 0.243 e. The number of hydrogen-bond donors (Lipinski definition) is 4. The molecule has 0 aliphatic carbocycles. The lowest BCUT2D eigenvalue weighted by Gasteiger charge is -2.36. The zero-order chi connectivity index (χ0) is 27.5. The Morgan fingerprint density at radius 3 is 2.33 bits per heavy atom. The van der Waals surface area contributed by atoms with Gasteiger partial charge in [0.15, 0.2) is 6.29 Å². The van der Waals surface area contributed by atoms with Crippen molar-refractivity contribution in [3.63, 3.8) is 0 Å². The Kier molecular flexibility index (Phi) is 10.9. The van der Waals surface area contributed by atoms with Crippen molar-refractivity contribution in [2.24, 2.45) is 0 Å². The quantitative estimate of drug-likeness (QED) is 0.150. The number of hydrogen-bond acceptors (Lipinski definition) is 8. The average molecular weight is 552 g/mol. The van der Waals surface area contributed by atoms with Crippen LogP contribution in [0.4, 0.5) is 0 Å². The Balaban J connectivity index is 1.38. The van der Waals surface area contributed by atoms with Crippen LogP contribution in [0.25, 0.3) is 0 Å². The second kappa shape index (κ2) is 14.8. The van der Waals surface area contributed by atoms with Crippen molar-refractivity contribution in [2.45, 2.75) is 62.4 Å². The third-order valence-electron chi connectivity index (χ3n) is 6.34. The number of rotatable bonds is 12. The van der Waals surface area contributed by atoms with Crippen LogP contribution in [0.3, 0.4) is 0 Å². The van der Waals surface area contributed by atoms with Crippen molar-refractivity contribution >= 4 is 23.6 Å². The van der Waals surface area contributed by atoms with E-state index in [-0.39, 0.29) is 37.6 Å². The molecule has 0 bridgehead atoms. The number of amides is 2. The summed E-state index contributed by atoms with van der Waals surface area (Å²) >= 11 is 1.65. The van der Waals surface area contributed by atoms with Gasteiger partial charge in [0, 0.05) is 43.3 Å². The summed E-state index contributed by atoms with van der Waals surface area (Å²) in [5.74, 6) is 0.0613. The predicted octanol–water partition coefficient (Wildman–Crippen LogP) is 4.20. The highest BCUT2D eigenvalue weighted by Crippen LogP contribution is 2.39. The van der Waals surface area contributed by atoms with Gasteiger partial charge in [0.05, 0.1) is 23.8 Å². The fraction of sp³-hybridized carbons (Fsp3) is 0.345. The van der Waals surface area contributed by atoms with Gasteiger partial charge >= 0.3 is 0 Å². The molecular formula is C29H33N3O6S. The van der Waals surface area contributed by atoms with E-state index in [4.69, 9.17) is 14.7 Å². The average Bonchev–Trinajstić information content (AvgIpc) is 2.99. The number of thioether (sulfide) groups is 1. The molecular weight excluding hydrogens is 518 g/mol. The molecule has 39 heavy (non-hydrogen) atoms. The summed E-state index contributed by atoms with van der Waals surface area (Å²) in [5.41, 5.74) is 5.24. The van der Waals surface area contributed by atoms with Gasteiger partial charge < -0.3 is 19.9 Å². The van der Waals surface area contributed by atoms with Crippen molar-refractivity contribution in [3.05, 3.63) is 95.2 Å². The summed E-state index contributed by atoms with van der Waals surface area (Å²) in [6.45, 7) is 0.357. The molecule has 4 rings (SSSR count). The van der Waals surface area contributed by atoms with Crippen LogP contribution in [0.5, 0.6) is 0 Å². The maximum absolute atomic E-state index is 12.0. The summed E-state index contributed by atoms with van der Waals surface area (Å²) in [6.07, 6.45) is 2.33. The normalized spacial score (nSPS) is 18.9. The van der Waals surface area contributed by atoms with E-state index in [1.54, 1.807) is 23.4 Å². The maximum Gasteiger partial charge on any atom is 0.243 e. The number of pyridine rings is 1. The molecule has 1 aliphatic rings. The highest BCUT2D eigenvalue weighted by Gasteiger charge is 2.32. The first kappa shape index (κ1) is 28.7. The first-order valence-corrected chi connectivity index (χ1v) is 13.9. The van der Waals surface area contributed by atoms with Gasteiger partial charge in [0.1, 0.15) is 0 Å². The number of nitrogens with zero attached hydrogens (tertiary/aromatic N) is 1. The molecule has 0 radical (unpaired) electrons. The van der Waals surface area contributed by atoms with Crippen molar-refractivity contribution in [1.29, 1.82) is 0 Å². The Bertz CT molecular complexity index is 1190. The van der Waals surface area contributed by atoms with Gasteiger partial charge in [-0.05, 0) is 35.2 Å². The Labute approximate surface area is 231 Å². The summed E-state index contributed by atoms with van der Waals surface area (Å²) in [6, 6.07) is 21.4. The largest absolute Gasteiger partial charge is 0.392 e. The second-order valence-corrected chi connectivity index (χ2v) is 10.3. The lowest BCUT2D eigenvalue weighted by atomic mass is 10.0. The lowest BCUT2D eigenvalue weighted by molar-refractivity contribution is -0.245. The lowest BCUT2D eigenvalue weighted by Crippen LogP contribution is -2.31. The van der Waals surface area contributed by atoms with E-state index in [1.165, 1.54) is 0 Å². The minimum absolute atomic E-state index is 0.00540.